The smallest absolute Gasteiger partial charge is 0.420 e. The Hall–Kier alpha value is -1.87. The van der Waals surface area contributed by atoms with Crippen LogP contribution in [0.15, 0.2) is 0 Å². The minimum atomic E-state index is -1.23. The van der Waals surface area contributed by atoms with Crippen molar-refractivity contribution in [3.63, 3.8) is 0 Å². The number of hydrogen-bond donors (Lipinski definition) is 1. The Balaban J connectivity index is 3.18. The summed E-state index contributed by atoms with van der Waals surface area (Å²) < 4.78 is 22.0. The summed E-state index contributed by atoms with van der Waals surface area (Å²) in [5.74, 6) is -0.801. The monoisotopic (exact) mass is 459 g/mol. The van der Waals surface area contributed by atoms with Crippen molar-refractivity contribution < 1.29 is 38.4 Å². The number of cyclic esters (lactones) is 1. The molecule has 0 spiro atoms. The first-order chi connectivity index (χ1) is 14.7. The van der Waals surface area contributed by atoms with E-state index in [0.29, 0.717) is 30.8 Å². The van der Waals surface area contributed by atoms with Crippen molar-refractivity contribution in [3.05, 3.63) is 0 Å². The van der Waals surface area contributed by atoms with Crippen LogP contribution in [0.4, 0.5) is 9.59 Å². The van der Waals surface area contributed by atoms with Crippen molar-refractivity contribution in [2.24, 2.45) is 0 Å². The Morgan fingerprint density at radius 3 is 2.00 bits per heavy atom. The van der Waals surface area contributed by atoms with Crippen LogP contribution in [0.2, 0.25) is 0 Å². The van der Waals surface area contributed by atoms with Gasteiger partial charge in [-0.05, 0) is 67.7 Å². The van der Waals surface area contributed by atoms with E-state index >= 15 is 0 Å². The van der Waals surface area contributed by atoms with Crippen LogP contribution in [-0.2, 0) is 23.7 Å². The van der Waals surface area contributed by atoms with Crippen molar-refractivity contribution in [1.82, 2.24) is 4.90 Å². The molecular weight excluding hydrogens is 418 g/mol. The molecule has 1 aliphatic rings. The average molecular weight is 460 g/mol. The third kappa shape index (κ3) is 9.32. The molecule has 0 aromatic rings. The van der Waals surface area contributed by atoms with Gasteiger partial charge in [0, 0.05) is 6.61 Å². The highest BCUT2D eigenvalue weighted by Gasteiger charge is 2.42. The second kappa shape index (κ2) is 11.8. The van der Waals surface area contributed by atoms with Crippen molar-refractivity contribution >= 4 is 18.2 Å². The molecule has 1 heterocycles. The van der Waals surface area contributed by atoms with Crippen LogP contribution < -0.4 is 0 Å². The molecule has 1 N–H and O–H groups in total. The summed E-state index contributed by atoms with van der Waals surface area (Å²) >= 11 is 0. The number of nitrogens with zero attached hydrogens (tertiary/aromatic N) is 1. The molecule has 1 fully saturated rings. The van der Waals surface area contributed by atoms with Gasteiger partial charge in [0.05, 0.1) is 6.10 Å². The number of ether oxygens (including phenoxy) is 4. The summed E-state index contributed by atoms with van der Waals surface area (Å²) in [4.78, 5) is 39.6. The molecular formula is C23H41NO8. The summed E-state index contributed by atoms with van der Waals surface area (Å²) in [7, 11) is 0. The van der Waals surface area contributed by atoms with Crippen molar-refractivity contribution in [2.45, 2.75) is 123 Å². The van der Waals surface area contributed by atoms with Gasteiger partial charge in [-0.15, -0.1) is 0 Å². The maximum Gasteiger partial charge on any atom is 0.420 e. The lowest BCUT2D eigenvalue weighted by Crippen LogP contribution is -2.53. The number of esters is 1. The molecule has 0 aromatic carbocycles. The molecule has 9 nitrogen and oxygen atoms in total. The van der Waals surface area contributed by atoms with Crippen LogP contribution in [0, 0.1) is 0 Å². The van der Waals surface area contributed by atoms with Gasteiger partial charge in [0.15, 0.2) is 0 Å². The molecule has 9 heteroatoms. The Labute approximate surface area is 191 Å². The number of aliphatic hydroxyl groups excluding tert-OH is 1. The number of aliphatic hydroxyl groups is 1. The largest absolute Gasteiger partial charge is 0.458 e. The van der Waals surface area contributed by atoms with E-state index in [9.17, 15) is 19.5 Å². The van der Waals surface area contributed by atoms with Gasteiger partial charge in [0.2, 0.25) is 0 Å². The molecule has 32 heavy (non-hydrogen) atoms. The van der Waals surface area contributed by atoms with Crippen molar-refractivity contribution in [1.29, 1.82) is 0 Å². The highest BCUT2D eigenvalue weighted by atomic mass is 16.6. The number of imide groups is 1. The molecule has 1 rings (SSSR count). The second-order valence-electron chi connectivity index (χ2n) is 10.2. The van der Waals surface area contributed by atoms with Gasteiger partial charge < -0.3 is 24.1 Å². The number of amides is 2. The zero-order chi connectivity index (χ0) is 24.7. The highest BCUT2D eigenvalue weighted by Crippen LogP contribution is 2.24. The van der Waals surface area contributed by atoms with Gasteiger partial charge in [-0.2, -0.15) is 4.90 Å². The fourth-order valence-electron chi connectivity index (χ4n) is 3.24. The minimum absolute atomic E-state index is 0.181. The first kappa shape index (κ1) is 28.2. The number of hydrogen-bond acceptors (Lipinski definition) is 8. The zero-order valence-electron chi connectivity index (χ0n) is 20.8. The molecule has 2 amide bonds. The van der Waals surface area contributed by atoms with Crippen LogP contribution in [0.1, 0.15) is 87.5 Å². The normalized spacial score (nSPS) is 25.5. The Morgan fingerprint density at radius 1 is 1.03 bits per heavy atom. The third-order valence-corrected chi connectivity index (χ3v) is 4.68. The molecule has 0 bridgehead atoms. The second-order valence-corrected chi connectivity index (χ2v) is 10.2. The quantitative estimate of drug-likeness (QED) is 0.492. The third-order valence-electron chi connectivity index (χ3n) is 4.68. The Kier molecular flexibility index (Phi) is 10.4. The average Bonchev–Trinajstić information content (AvgIpc) is 2.61. The lowest BCUT2D eigenvalue weighted by Gasteiger charge is -2.35. The fraction of sp³-hybridized carbons (Fsp3) is 0.870. The summed E-state index contributed by atoms with van der Waals surface area (Å²) in [6.07, 6.45) is -1.64. The van der Waals surface area contributed by atoms with Gasteiger partial charge in [0.25, 0.3) is 0 Å². The highest BCUT2D eigenvalue weighted by molar-refractivity contribution is 5.94. The molecule has 0 aliphatic carbocycles. The lowest BCUT2D eigenvalue weighted by molar-refractivity contribution is -0.167. The number of carbonyl (C=O) groups excluding carboxylic acids is 3. The summed E-state index contributed by atoms with van der Waals surface area (Å²) in [6, 6.07) is -1.23. The predicted octanol–water partition coefficient (Wildman–Crippen LogP) is 4.19. The topological polar surface area (TPSA) is 112 Å². The predicted molar refractivity (Wildman–Crippen MR) is 118 cm³/mol. The molecule has 1 aliphatic heterocycles. The molecule has 0 radical (unpaired) electrons. The SMILES string of the molecule is CCCO[C@H]1CCCC[C@H](N(C(=O)OC(C)(C)C)C(=O)OC(C)(C)C)C(=O)O[C@@H](C)[C@@H]1O. The molecule has 4 atom stereocenters. The zero-order valence-corrected chi connectivity index (χ0v) is 20.8. The first-order valence-corrected chi connectivity index (χ1v) is 11.4. The Bertz CT molecular complexity index is 609. The van der Waals surface area contributed by atoms with Crippen LogP contribution >= 0.6 is 0 Å². The van der Waals surface area contributed by atoms with Gasteiger partial charge in [-0.1, -0.05) is 19.8 Å². The molecule has 186 valence electrons. The lowest BCUT2D eigenvalue weighted by atomic mass is 9.99. The Morgan fingerprint density at radius 2 is 1.53 bits per heavy atom. The van der Waals surface area contributed by atoms with Gasteiger partial charge in [0.1, 0.15) is 29.5 Å². The van der Waals surface area contributed by atoms with Crippen molar-refractivity contribution in [2.75, 3.05) is 6.61 Å². The maximum absolute atomic E-state index is 13.1. The van der Waals surface area contributed by atoms with Gasteiger partial charge in [-0.3, -0.25) is 0 Å². The van der Waals surface area contributed by atoms with Gasteiger partial charge in [-0.25, -0.2) is 14.4 Å². The van der Waals surface area contributed by atoms with E-state index in [1.54, 1.807) is 48.5 Å². The van der Waals surface area contributed by atoms with Crippen LogP contribution in [-0.4, -0.2) is 70.3 Å². The first-order valence-electron chi connectivity index (χ1n) is 11.4. The van der Waals surface area contributed by atoms with Crippen molar-refractivity contribution in [3.8, 4) is 0 Å². The summed E-state index contributed by atoms with van der Waals surface area (Å²) in [5, 5.41) is 10.7. The molecule has 0 unspecified atom stereocenters. The molecule has 0 aromatic heterocycles. The van der Waals surface area contributed by atoms with E-state index in [2.05, 4.69) is 0 Å². The number of rotatable bonds is 4. The standard InChI is InChI=1S/C23H41NO8/c1-9-14-29-17-13-11-10-12-16(19(26)30-15(2)18(17)25)24(20(27)31-22(3,4)5)21(28)32-23(6,7)8/h15-18,25H,9-14H2,1-8H3/t15-,16-,17-,18-/m0/s1. The fourth-order valence-corrected chi connectivity index (χ4v) is 3.24. The molecule has 0 saturated carbocycles. The maximum atomic E-state index is 13.1. The van der Waals surface area contributed by atoms with Crippen LogP contribution in [0.5, 0.6) is 0 Å². The van der Waals surface area contributed by atoms with E-state index in [4.69, 9.17) is 18.9 Å². The summed E-state index contributed by atoms with van der Waals surface area (Å²) in [5.41, 5.74) is -1.77. The van der Waals surface area contributed by atoms with Crippen LogP contribution in [0.3, 0.4) is 0 Å². The van der Waals surface area contributed by atoms with Crippen LogP contribution in [0.25, 0.3) is 0 Å². The van der Waals surface area contributed by atoms with E-state index in [1.807, 2.05) is 6.92 Å². The van der Waals surface area contributed by atoms with Gasteiger partial charge >= 0.3 is 18.2 Å². The summed E-state index contributed by atoms with van der Waals surface area (Å²) in [6.45, 7) is 14.0. The minimum Gasteiger partial charge on any atom is -0.458 e. The van der Waals surface area contributed by atoms with E-state index in [1.165, 1.54) is 0 Å². The van der Waals surface area contributed by atoms with E-state index < -0.39 is 53.7 Å². The molecule has 1 saturated heterocycles. The van der Waals surface area contributed by atoms with E-state index in [-0.39, 0.29) is 6.42 Å². The number of carbonyl (C=O) groups is 3. The van der Waals surface area contributed by atoms with E-state index in [0.717, 1.165) is 6.42 Å².